The van der Waals surface area contributed by atoms with Crippen LogP contribution in [0, 0.1) is 24.9 Å². The molecular weight excluding hydrogens is 590 g/mol. The Hall–Kier alpha value is 6.65. The van der Waals surface area contributed by atoms with E-state index >= 15 is 0 Å². The van der Waals surface area contributed by atoms with E-state index in [1.165, 1.54) is 12.8 Å². The van der Waals surface area contributed by atoms with Crippen molar-refractivity contribution in [1.29, 1.82) is 0 Å². The molecule has 2 aliphatic rings. The largest absolute Gasteiger partial charge is 1.00 e. The molecule has 2 fully saturated rings. The molecule has 0 radical (unpaired) electrons. The fourth-order valence-electron chi connectivity index (χ4n) is 2.85. The molecule has 1 amide bonds. The molecule has 1 saturated heterocycles. The van der Waals surface area contributed by atoms with Crippen molar-refractivity contribution < 1.29 is 238 Å². The molecule has 1 aliphatic carbocycles. The van der Waals surface area contributed by atoms with Crippen LogP contribution in [0.2, 0.25) is 0 Å². The van der Waals surface area contributed by atoms with Gasteiger partial charge in [0.15, 0.2) is 5.91 Å². The SMILES string of the molecule is CC.CC1CCC(C(=O)N2[CH-]CN(C(C)C)C[CH-]2)CC1.[Rb+].[Rb+].[Rb+].[Rb+]. The zero-order valence-corrected chi connectivity index (χ0v) is 37.6. The normalized spacial score (nSPS) is 23.3. The van der Waals surface area contributed by atoms with Crippen LogP contribution in [-0.4, -0.2) is 34.8 Å². The summed E-state index contributed by atoms with van der Waals surface area (Å²) in [6.07, 6.45) is 4.57. The van der Waals surface area contributed by atoms with Crippen LogP contribution in [0.25, 0.3) is 0 Å². The first-order chi connectivity index (χ1) is 9.58. The maximum atomic E-state index is 12.4. The summed E-state index contributed by atoms with van der Waals surface area (Å²) in [4.78, 5) is 16.6. The van der Waals surface area contributed by atoms with Crippen molar-refractivity contribution in [2.75, 3.05) is 13.1 Å². The molecule has 1 saturated carbocycles. The predicted molar refractivity (Wildman–Crippen MR) is 84.6 cm³/mol. The van der Waals surface area contributed by atoms with Crippen molar-refractivity contribution in [2.45, 2.75) is 66.3 Å². The monoisotopic (exact) mass is 620 g/mol. The zero-order chi connectivity index (χ0) is 15.1. The Morgan fingerprint density at radius 3 is 1.71 bits per heavy atom. The molecule has 2 rings (SSSR count). The summed E-state index contributed by atoms with van der Waals surface area (Å²) >= 11 is 0. The summed E-state index contributed by atoms with van der Waals surface area (Å²) in [6.45, 7) is 16.6. The van der Waals surface area contributed by atoms with E-state index in [1.807, 2.05) is 31.8 Å². The molecule has 24 heavy (non-hydrogen) atoms. The summed E-state index contributed by atoms with van der Waals surface area (Å²) in [5, 5.41) is 0. The van der Waals surface area contributed by atoms with Crippen LogP contribution in [0.1, 0.15) is 60.3 Å². The van der Waals surface area contributed by atoms with Gasteiger partial charge in [0, 0.05) is 5.92 Å². The summed E-state index contributed by atoms with van der Waals surface area (Å²) < 4.78 is 0. The standard InChI is InChI=1S/C15H26N2O.C2H6.4Rb/c1-12(2)16-8-10-17(11-9-16)15(18)14-6-4-13(3)5-7-14;1-2;;;;/h10-14H,4-9H2,1-3H3;1-2H3;;;;/q-2;;4*+1. The third-order valence-corrected chi connectivity index (χ3v) is 4.38. The van der Waals surface area contributed by atoms with Crippen LogP contribution in [0.4, 0.5) is 0 Å². The van der Waals surface area contributed by atoms with Gasteiger partial charge in [-0.25, -0.2) is 0 Å². The average Bonchev–Trinajstić information content (AvgIpc) is 2.49. The van der Waals surface area contributed by atoms with E-state index in [0.29, 0.717) is 11.9 Å². The second-order valence-electron chi connectivity index (χ2n) is 6.12. The van der Waals surface area contributed by atoms with E-state index in [4.69, 9.17) is 0 Å². The Labute approximate surface area is 346 Å². The predicted octanol–water partition coefficient (Wildman–Crippen LogP) is -8.27. The number of carbonyl (C=O) groups excluding carboxylic acids is 1. The molecule has 0 spiro atoms. The van der Waals surface area contributed by atoms with Gasteiger partial charge >= 0.3 is 233 Å². The summed E-state index contributed by atoms with van der Waals surface area (Å²) in [7, 11) is 0. The molecule has 1 heterocycles. The minimum atomic E-state index is 0. The van der Waals surface area contributed by atoms with Gasteiger partial charge in [-0.3, -0.25) is 17.9 Å². The second-order valence-corrected chi connectivity index (χ2v) is 6.12. The van der Waals surface area contributed by atoms with E-state index in [1.54, 1.807) is 0 Å². The minimum absolute atomic E-state index is 0. The first kappa shape index (κ1) is 37.9. The van der Waals surface area contributed by atoms with Gasteiger partial charge in [-0.1, -0.05) is 34.6 Å². The molecule has 0 aromatic heterocycles. The third-order valence-electron chi connectivity index (χ3n) is 4.38. The maximum Gasteiger partial charge on any atom is 1.00 e. The van der Waals surface area contributed by atoms with Crippen molar-refractivity contribution in [3.8, 4) is 0 Å². The number of amides is 1. The van der Waals surface area contributed by atoms with Crippen molar-refractivity contribution in [2.24, 2.45) is 11.8 Å². The summed E-state index contributed by atoms with van der Waals surface area (Å²) in [5.41, 5.74) is 0. The molecule has 7 heteroatoms. The minimum Gasteiger partial charge on any atom is -0.634 e. The van der Waals surface area contributed by atoms with E-state index < -0.39 is 0 Å². The van der Waals surface area contributed by atoms with E-state index in [0.717, 1.165) is 31.8 Å². The molecule has 3 nitrogen and oxygen atoms in total. The Bertz CT molecular complexity index is 290. The van der Waals surface area contributed by atoms with Crippen molar-refractivity contribution in [3.05, 3.63) is 13.1 Å². The van der Waals surface area contributed by atoms with E-state index in [9.17, 15) is 4.79 Å². The number of carbonyl (C=O) groups is 1. The Kier molecular flexibility index (Phi) is 36.1. The molecule has 0 atom stereocenters. The van der Waals surface area contributed by atoms with Gasteiger partial charge in [-0.2, -0.15) is 0 Å². The Balaban J connectivity index is -0.000000321. The molecule has 0 N–H and O–H groups in total. The smallest absolute Gasteiger partial charge is 0.634 e. The molecule has 118 valence electrons. The van der Waals surface area contributed by atoms with Crippen LogP contribution >= 0.6 is 0 Å². The van der Waals surface area contributed by atoms with Crippen LogP contribution in [0.3, 0.4) is 0 Å². The Morgan fingerprint density at radius 1 is 0.917 bits per heavy atom. The van der Waals surface area contributed by atoms with Crippen molar-refractivity contribution >= 4 is 5.91 Å². The van der Waals surface area contributed by atoms with Gasteiger partial charge in [0.05, 0.1) is 0 Å². The topological polar surface area (TPSA) is 23.6 Å². The number of hydrogen-bond acceptors (Lipinski definition) is 2. The van der Waals surface area contributed by atoms with E-state index in [-0.39, 0.29) is 239 Å². The second kappa shape index (κ2) is 22.8. The quantitative estimate of drug-likeness (QED) is 0.286. The molecule has 0 bridgehead atoms. The third kappa shape index (κ3) is 14.7. The number of hydrogen-bond donors (Lipinski definition) is 0. The number of rotatable bonds is 2. The maximum absolute atomic E-state index is 12.4. The van der Waals surface area contributed by atoms with Gasteiger partial charge in [0.25, 0.3) is 0 Å². The van der Waals surface area contributed by atoms with Gasteiger partial charge in [0.1, 0.15) is 0 Å². The van der Waals surface area contributed by atoms with E-state index in [2.05, 4.69) is 25.7 Å². The fourth-order valence-corrected chi connectivity index (χ4v) is 2.85. The van der Waals surface area contributed by atoms with Crippen LogP contribution in [-0.2, 0) is 4.79 Å². The number of nitrogens with zero attached hydrogens (tertiary/aromatic N) is 2. The fraction of sp³-hybridized carbons (Fsp3) is 0.824. The molecular formula is C17H32N2ORb4+2. The van der Waals surface area contributed by atoms with Gasteiger partial charge in [0.2, 0.25) is 0 Å². The molecule has 1 aliphatic heterocycles. The van der Waals surface area contributed by atoms with Crippen LogP contribution in [0.15, 0.2) is 0 Å². The first-order valence-corrected chi connectivity index (χ1v) is 8.30. The summed E-state index contributed by atoms with van der Waals surface area (Å²) in [6, 6.07) is 0.547. The van der Waals surface area contributed by atoms with Gasteiger partial charge in [-0.15, -0.1) is 13.1 Å². The summed E-state index contributed by atoms with van der Waals surface area (Å²) in [5.74, 6) is 1.39. The Morgan fingerprint density at radius 2 is 1.33 bits per heavy atom. The van der Waals surface area contributed by atoms with Gasteiger partial charge < -0.3 is 9.80 Å². The van der Waals surface area contributed by atoms with Crippen LogP contribution in [0.5, 0.6) is 0 Å². The zero-order valence-electron chi connectivity index (χ0n) is 17.9. The van der Waals surface area contributed by atoms with Gasteiger partial charge in [-0.05, 0) is 37.6 Å². The molecule has 0 aromatic carbocycles. The molecule has 0 aromatic rings. The number of piperazine rings is 1. The first-order valence-electron chi connectivity index (χ1n) is 8.30. The van der Waals surface area contributed by atoms with Crippen LogP contribution < -0.4 is 233 Å². The molecule has 0 unspecified atom stereocenters. The van der Waals surface area contributed by atoms with Crippen molar-refractivity contribution in [3.63, 3.8) is 0 Å². The van der Waals surface area contributed by atoms with Crippen molar-refractivity contribution in [1.82, 2.24) is 9.80 Å². The average molecular weight is 622 g/mol.